The highest BCUT2D eigenvalue weighted by Gasteiger charge is 2.31. The molecule has 0 bridgehead atoms. The van der Waals surface area contributed by atoms with Gasteiger partial charge in [0, 0.05) is 38.1 Å². The fourth-order valence-electron chi connectivity index (χ4n) is 4.69. The van der Waals surface area contributed by atoms with E-state index in [4.69, 9.17) is 5.73 Å². The fraction of sp³-hybridized carbons (Fsp3) is 0.667. The fourth-order valence-corrected chi connectivity index (χ4v) is 4.69. The number of amides is 2. The number of imide groups is 1. The van der Waals surface area contributed by atoms with Gasteiger partial charge in [-0.3, -0.25) is 19.9 Å². The van der Waals surface area contributed by atoms with Crippen LogP contribution in [-0.2, 0) is 9.59 Å². The highest BCUT2D eigenvalue weighted by atomic mass is 16.2. The lowest BCUT2D eigenvalue weighted by Gasteiger charge is -2.42. The molecule has 0 radical (unpaired) electrons. The molecule has 3 aliphatic rings. The summed E-state index contributed by atoms with van der Waals surface area (Å²) >= 11 is 0. The molecule has 1 saturated carbocycles. The second-order valence-corrected chi connectivity index (χ2v) is 8.70. The molecule has 1 aromatic rings. The van der Waals surface area contributed by atoms with E-state index < -0.39 is 0 Å². The van der Waals surface area contributed by atoms with Gasteiger partial charge in [0.05, 0.1) is 23.5 Å². The van der Waals surface area contributed by atoms with E-state index in [0.29, 0.717) is 24.9 Å². The van der Waals surface area contributed by atoms with E-state index in [1.165, 1.54) is 12.8 Å². The molecule has 2 aliphatic heterocycles. The minimum Gasteiger partial charge on any atom is -0.370 e. The highest BCUT2D eigenvalue weighted by molar-refractivity contribution is 6.00. The molecule has 7 heteroatoms. The normalized spacial score (nSPS) is 29.0. The number of anilines is 1. The van der Waals surface area contributed by atoms with E-state index in [0.717, 1.165) is 49.8 Å². The molecular formula is C21H31N5O2. The maximum absolute atomic E-state index is 12.0. The molecular weight excluding hydrogens is 354 g/mol. The molecule has 4 rings (SSSR count). The Hall–Kier alpha value is -1.99. The molecule has 0 aromatic carbocycles. The van der Waals surface area contributed by atoms with Crippen LogP contribution >= 0.6 is 0 Å². The highest BCUT2D eigenvalue weighted by Crippen LogP contribution is 2.29. The van der Waals surface area contributed by atoms with Crippen molar-refractivity contribution in [1.82, 2.24) is 15.2 Å². The zero-order valence-corrected chi connectivity index (χ0v) is 16.6. The predicted octanol–water partition coefficient (Wildman–Crippen LogP) is 1.24. The van der Waals surface area contributed by atoms with Gasteiger partial charge < -0.3 is 15.5 Å². The zero-order valence-electron chi connectivity index (χ0n) is 16.6. The largest absolute Gasteiger partial charge is 0.370 e. The standard InChI is InChI=1S/C21H31N5O2/c1-25(17-10-15(22)11-17)13-14-6-8-26(9-7-14)16-2-4-19(23-12-16)18-3-5-20(27)24-21(18)28/h2,4,12,14-15,17-18H,3,5-11,13,22H2,1H3,(H,24,27,28). The molecule has 0 spiro atoms. The molecule has 2 saturated heterocycles. The summed E-state index contributed by atoms with van der Waals surface area (Å²) in [5, 5.41) is 2.41. The van der Waals surface area contributed by atoms with Crippen LogP contribution in [0.1, 0.15) is 50.1 Å². The molecule has 1 aliphatic carbocycles. The molecule has 1 atom stereocenters. The Labute approximate surface area is 166 Å². The van der Waals surface area contributed by atoms with Crippen LogP contribution in [0.3, 0.4) is 0 Å². The van der Waals surface area contributed by atoms with E-state index in [1.54, 1.807) is 0 Å². The van der Waals surface area contributed by atoms with Gasteiger partial charge in [0.25, 0.3) is 0 Å². The Morgan fingerprint density at radius 1 is 1.21 bits per heavy atom. The summed E-state index contributed by atoms with van der Waals surface area (Å²) in [7, 11) is 2.24. The average Bonchev–Trinajstić information content (AvgIpc) is 2.66. The Morgan fingerprint density at radius 3 is 2.57 bits per heavy atom. The van der Waals surface area contributed by atoms with Crippen LogP contribution in [0.4, 0.5) is 5.69 Å². The van der Waals surface area contributed by atoms with Crippen LogP contribution in [0.5, 0.6) is 0 Å². The van der Waals surface area contributed by atoms with Gasteiger partial charge in [-0.05, 0) is 57.2 Å². The first-order valence-electron chi connectivity index (χ1n) is 10.5. The van der Waals surface area contributed by atoms with Crippen molar-refractivity contribution >= 4 is 17.5 Å². The summed E-state index contributed by atoms with van der Waals surface area (Å²) in [6.07, 6.45) is 7.47. The number of nitrogens with zero attached hydrogens (tertiary/aromatic N) is 3. The number of hydrogen-bond acceptors (Lipinski definition) is 6. The van der Waals surface area contributed by atoms with Gasteiger partial charge in [-0.2, -0.15) is 0 Å². The third-order valence-electron chi connectivity index (χ3n) is 6.67. The first-order valence-corrected chi connectivity index (χ1v) is 10.5. The summed E-state index contributed by atoms with van der Waals surface area (Å²) in [6, 6.07) is 5.09. The second kappa shape index (κ2) is 8.17. The van der Waals surface area contributed by atoms with Crippen molar-refractivity contribution in [3.63, 3.8) is 0 Å². The molecule has 152 valence electrons. The molecule has 28 heavy (non-hydrogen) atoms. The van der Waals surface area contributed by atoms with Crippen molar-refractivity contribution in [2.24, 2.45) is 11.7 Å². The average molecular weight is 386 g/mol. The summed E-state index contributed by atoms with van der Waals surface area (Å²) in [5.41, 5.74) is 7.79. The Kier molecular flexibility index (Phi) is 5.64. The van der Waals surface area contributed by atoms with Crippen LogP contribution in [0.25, 0.3) is 0 Å². The van der Waals surface area contributed by atoms with Crippen molar-refractivity contribution in [2.75, 3.05) is 31.6 Å². The molecule has 7 nitrogen and oxygen atoms in total. The van der Waals surface area contributed by atoms with E-state index in [2.05, 4.69) is 33.2 Å². The number of pyridine rings is 1. The summed E-state index contributed by atoms with van der Waals surface area (Å²) in [6.45, 7) is 3.25. The lowest BCUT2D eigenvalue weighted by Crippen LogP contribution is -2.51. The summed E-state index contributed by atoms with van der Waals surface area (Å²) < 4.78 is 0. The molecule has 3 fully saturated rings. The molecule has 1 unspecified atom stereocenters. The second-order valence-electron chi connectivity index (χ2n) is 8.70. The van der Waals surface area contributed by atoms with E-state index in [1.807, 2.05) is 12.3 Å². The molecule has 3 heterocycles. The van der Waals surface area contributed by atoms with Crippen molar-refractivity contribution in [1.29, 1.82) is 0 Å². The molecule has 1 aromatic heterocycles. The van der Waals surface area contributed by atoms with E-state index >= 15 is 0 Å². The van der Waals surface area contributed by atoms with Crippen LogP contribution in [0.2, 0.25) is 0 Å². The van der Waals surface area contributed by atoms with Gasteiger partial charge in [-0.1, -0.05) is 0 Å². The topological polar surface area (TPSA) is 91.6 Å². The minimum atomic E-state index is -0.312. The number of hydrogen-bond donors (Lipinski definition) is 2. The van der Waals surface area contributed by atoms with Gasteiger partial charge in [0.15, 0.2) is 0 Å². The molecule has 3 N–H and O–H groups in total. The van der Waals surface area contributed by atoms with Crippen molar-refractivity contribution in [2.45, 2.75) is 56.5 Å². The SMILES string of the molecule is CN(CC1CCN(c2ccc(C3CCC(=O)NC3=O)nc2)CC1)C1CC(N)C1. The smallest absolute Gasteiger partial charge is 0.235 e. The number of carbonyl (C=O) groups is 2. The maximum atomic E-state index is 12.0. The third kappa shape index (κ3) is 4.20. The summed E-state index contributed by atoms with van der Waals surface area (Å²) in [4.78, 5) is 32.7. The Bertz CT molecular complexity index is 708. The first-order chi connectivity index (χ1) is 13.5. The Balaban J connectivity index is 1.28. The number of rotatable bonds is 5. The van der Waals surface area contributed by atoms with Crippen molar-refractivity contribution < 1.29 is 9.59 Å². The van der Waals surface area contributed by atoms with Gasteiger partial charge >= 0.3 is 0 Å². The van der Waals surface area contributed by atoms with Crippen LogP contribution in [-0.4, -0.2) is 60.5 Å². The van der Waals surface area contributed by atoms with Crippen LogP contribution in [0, 0.1) is 5.92 Å². The van der Waals surface area contributed by atoms with Crippen molar-refractivity contribution in [3.05, 3.63) is 24.0 Å². The van der Waals surface area contributed by atoms with Gasteiger partial charge in [-0.15, -0.1) is 0 Å². The first kappa shape index (κ1) is 19.3. The lowest BCUT2D eigenvalue weighted by atomic mass is 9.85. The third-order valence-corrected chi connectivity index (χ3v) is 6.67. The van der Waals surface area contributed by atoms with Gasteiger partial charge in [0.2, 0.25) is 11.8 Å². The zero-order chi connectivity index (χ0) is 19.7. The number of piperidine rings is 2. The lowest BCUT2D eigenvalue weighted by molar-refractivity contribution is -0.134. The van der Waals surface area contributed by atoms with Gasteiger partial charge in [-0.25, -0.2) is 0 Å². The monoisotopic (exact) mass is 385 g/mol. The van der Waals surface area contributed by atoms with E-state index in [9.17, 15) is 9.59 Å². The van der Waals surface area contributed by atoms with E-state index in [-0.39, 0.29) is 17.7 Å². The number of nitrogens with one attached hydrogen (secondary N) is 1. The quantitative estimate of drug-likeness (QED) is 0.741. The molecule has 2 amide bonds. The van der Waals surface area contributed by atoms with Crippen molar-refractivity contribution in [3.8, 4) is 0 Å². The van der Waals surface area contributed by atoms with Crippen LogP contribution in [0.15, 0.2) is 18.3 Å². The Morgan fingerprint density at radius 2 is 1.96 bits per heavy atom. The van der Waals surface area contributed by atoms with Crippen LogP contribution < -0.4 is 16.0 Å². The number of nitrogens with two attached hydrogens (primary N) is 1. The number of aromatic nitrogens is 1. The predicted molar refractivity (Wildman–Crippen MR) is 108 cm³/mol. The number of carbonyl (C=O) groups excluding carboxylic acids is 2. The minimum absolute atomic E-state index is 0.188. The maximum Gasteiger partial charge on any atom is 0.235 e. The summed E-state index contributed by atoms with van der Waals surface area (Å²) in [5.74, 6) is 0.0156. The van der Waals surface area contributed by atoms with Gasteiger partial charge in [0.1, 0.15) is 0 Å².